The molecule has 1 N–H and O–H groups in total. The van der Waals surface area contributed by atoms with Crippen LogP contribution in [0.2, 0.25) is 0 Å². The molecule has 0 radical (unpaired) electrons. The van der Waals surface area contributed by atoms with E-state index in [2.05, 4.69) is 10.2 Å². The van der Waals surface area contributed by atoms with Gasteiger partial charge in [-0.3, -0.25) is 4.79 Å². The molecule has 8 heteroatoms. The first-order valence-corrected chi connectivity index (χ1v) is 10.3. The van der Waals surface area contributed by atoms with E-state index < -0.39 is 0 Å². The molecule has 1 aromatic heterocycles. The first-order chi connectivity index (χ1) is 15.0. The molecule has 2 aromatic carbocycles. The second kappa shape index (κ2) is 8.67. The molecule has 0 unspecified atom stereocenters. The molecule has 1 fully saturated rings. The molecule has 0 bridgehead atoms. The normalized spacial score (nSPS) is 14.5. The summed E-state index contributed by atoms with van der Waals surface area (Å²) >= 11 is 0. The zero-order valence-electron chi connectivity index (χ0n) is 17.9. The highest BCUT2D eigenvalue weighted by Crippen LogP contribution is 2.31. The Morgan fingerprint density at radius 3 is 2.35 bits per heavy atom. The van der Waals surface area contributed by atoms with Gasteiger partial charge in [-0.15, -0.1) is 0 Å². The van der Waals surface area contributed by atoms with Crippen molar-refractivity contribution in [1.29, 1.82) is 0 Å². The lowest BCUT2D eigenvalue weighted by molar-refractivity contribution is 0.0710. The number of aromatic nitrogens is 3. The quantitative estimate of drug-likeness (QED) is 0.683. The number of nitrogens with one attached hydrogen (secondary N) is 1. The van der Waals surface area contributed by atoms with Gasteiger partial charge in [0, 0.05) is 24.6 Å². The van der Waals surface area contributed by atoms with Crippen LogP contribution in [0.15, 0.2) is 47.3 Å². The summed E-state index contributed by atoms with van der Waals surface area (Å²) in [6, 6.07) is 13.0. The summed E-state index contributed by atoms with van der Waals surface area (Å²) in [4.78, 5) is 27.2. The topological polar surface area (TPSA) is 89.5 Å². The van der Waals surface area contributed by atoms with Crippen molar-refractivity contribution in [2.45, 2.75) is 25.7 Å². The van der Waals surface area contributed by atoms with Crippen molar-refractivity contribution in [3.05, 3.63) is 69.9 Å². The number of benzene rings is 2. The zero-order chi connectivity index (χ0) is 22.0. The molecule has 1 aliphatic rings. The molecular formula is C23H26N4O4. The summed E-state index contributed by atoms with van der Waals surface area (Å²) in [5.74, 6) is 1.88. The molecule has 2 heterocycles. The maximum atomic E-state index is 13.0. The first kappa shape index (κ1) is 20.7. The Balaban J connectivity index is 1.49. The molecule has 3 aromatic rings. The van der Waals surface area contributed by atoms with Crippen molar-refractivity contribution in [3.63, 3.8) is 0 Å². The number of methoxy groups -OCH3 is 2. The zero-order valence-corrected chi connectivity index (χ0v) is 17.9. The molecule has 0 aliphatic carbocycles. The number of carbonyl (C=O) groups excluding carboxylic acids is 1. The van der Waals surface area contributed by atoms with Gasteiger partial charge in [0.1, 0.15) is 5.82 Å². The standard InChI is InChI=1S/C23H26N4O4/c1-15-4-7-18(8-5-15)27-21(24-25-23(27)29)16-10-12-26(13-11-16)22(28)17-6-9-19(30-2)20(14-17)31-3/h4-9,14,16H,10-13H2,1-3H3,(H,25,29). The number of likely N-dealkylation sites (tertiary alicyclic amines) is 1. The molecular weight excluding hydrogens is 396 g/mol. The van der Waals surface area contributed by atoms with E-state index in [9.17, 15) is 9.59 Å². The number of piperidine rings is 1. The van der Waals surface area contributed by atoms with Gasteiger partial charge < -0.3 is 14.4 Å². The molecule has 8 nitrogen and oxygen atoms in total. The van der Waals surface area contributed by atoms with Crippen LogP contribution in [0.3, 0.4) is 0 Å². The summed E-state index contributed by atoms with van der Waals surface area (Å²) in [6.45, 7) is 3.19. The lowest BCUT2D eigenvalue weighted by Gasteiger charge is -2.31. The summed E-state index contributed by atoms with van der Waals surface area (Å²) in [7, 11) is 3.12. The lowest BCUT2D eigenvalue weighted by Crippen LogP contribution is -2.38. The third kappa shape index (κ3) is 4.05. The summed E-state index contributed by atoms with van der Waals surface area (Å²) < 4.78 is 12.2. The van der Waals surface area contributed by atoms with E-state index in [0.29, 0.717) is 36.0 Å². The first-order valence-electron chi connectivity index (χ1n) is 10.3. The maximum Gasteiger partial charge on any atom is 0.347 e. The highest BCUT2D eigenvalue weighted by molar-refractivity contribution is 5.95. The van der Waals surface area contributed by atoms with Gasteiger partial charge in [-0.1, -0.05) is 17.7 Å². The van der Waals surface area contributed by atoms with Crippen molar-refractivity contribution >= 4 is 5.91 Å². The van der Waals surface area contributed by atoms with Crippen LogP contribution >= 0.6 is 0 Å². The van der Waals surface area contributed by atoms with Crippen LogP contribution in [-0.4, -0.2) is 52.9 Å². The Morgan fingerprint density at radius 1 is 1.03 bits per heavy atom. The van der Waals surface area contributed by atoms with E-state index in [4.69, 9.17) is 9.47 Å². The number of hydrogen-bond donors (Lipinski definition) is 1. The molecule has 0 spiro atoms. The summed E-state index contributed by atoms with van der Waals surface area (Å²) in [5, 5.41) is 6.88. The lowest BCUT2D eigenvalue weighted by atomic mass is 9.95. The number of nitrogens with zero attached hydrogens (tertiary/aromatic N) is 3. The molecule has 0 saturated carbocycles. The van der Waals surface area contributed by atoms with Crippen LogP contribution in [0.25, 0.3) is 5.69 Å². The predicted molar refractivity (Wildman–Crippen MR) is 116 cm³/mol. The molecule has 1 saturated heterocycles. The van der Waals surface area contributed by atoms with Gasteiger partial charge in [0.2, 0.25) is 0 Å². The number of rotatable bonds is 5. The Labute approximate surface area is 180 Å². The minimum Gasteiger partial charge on any atom is -0.493 e. The Morgan fingerprint density at radius 2 is 1.71 bits per heavy atom. The van der Waals surface area contributed by atoms with Crippen molar-refractivity contribution in [2.24, 2.45) is 0 Å². The predicted octanol–water partition coefficient (Wildman–Crippen LogP) is 2.91. The molecule has 0 atom stereocenters. The van der Waals surface area contributed by atoms with E-state index in [-0.39, 0.29) is 17.5 Å². The third-order valence-electron chi connectivity index (χ3n) is 5.77. The largest absolute Gasteiger partial charge is 0.493 e. The minimum atomic E-state index is -0.248. The number of ether oxygens (including phenoxy) is 2. The fourth-order valence-corrected chi connectivity index (χ4v) is 4.02. The Kier molecular flexibility index (Phi) is 5.79. The van der Waals surface area contributed by atoms with Gasteiger partial charge >= 0.3 is 5.69 Å². The number of hydrogen-bond acceptors (Lipinski definition) is 5. The van der Waals surface area contributed by atoms with Crippen LogP contribution in [0.5, 0.6) is 11.5 Å². The Bertz CT molecular complexity index is 1130. The highest BCUT2D eigenvalue weighted by Gasteiger charge is 2.29. The third-order valence-corrected chi connectivity index (χ3v) is 5.77. The van der Waals surface area contributed by atoms with E-state index in [1.807, 2.05) is 36.1 Å². The highest BCUT2D eigenvalue weighted by atomic mass is 16.5. The van der Waals surface area contributed by atoms with E-state index >= 15 is 0 Å². The fraction of sp³-hybridized carbons (Fsp3) is 0.348. The molecule has 4 rings (SSSR count). The molecule has 162 valence electrons. The molecule has 31 heavy (non-hydrogen) atoms. The number of aryl methyl sites for hydroxylation is 1. The number of carbonyl (C=O) groups is 1. The van der Waals surface area contributed by atoms with Crippen LogP contribution in [0.4, 0.5) is 0 Å². The molecule has 1 amide bonds. The summed E-state index contributed by atoms with van der Waals surface area (Å²) in [6.07, 6.45) is 1.46. The second-order valence-electron chi connectivity index (χ2n) is 7.69. The van der Waals surface area contributed by atoms with Gasteiger partial charge in [0.25, 0.3) is 5.91 Å². The number of aromatic amines is 1. The smallest absolute Gasteiger partial charge is 0.347 e. The monoisotopic (exact) mass is 422 g/mol. The van der Waals surface area contributed by atoms with E-state index in [1.165, 1.54) is 0 Å². The van der Waals surface area contributed by atoms with Gasteiger partial charge in [0.15, 0.2) is 11.5 Å². The van der Waals surface area contributed by atoms with Gasteiger partial charge in [-0.05, 0) is 50.1 Å². The fourth-order valence-electron chi connectivity index (χ4n) is 4.02. The van der Waals surface area contributed by atoms with Crippen molar-refractivity contribution < 1.29 is 14.3 Å². The average molecular weight is 422 g/mol. The van der Waals surface area contributed by atoms with Gasteiger partial charge in [0.05, 0.1) is 19.9 Å². The van der Waals surface area contributed by atoms with E-state index in [1.54, 1.807) is 37.0 Å². The van der Waals surface area contributed by atoms with Crippen molar-refractivity contribution in [3.8, 4) is 17.2 Å². The van der Waals surface area contributed by atoms with E-state index in [0.717, 1.165) is 24.1 Å². The van der Waals surface area contributed by atoms with Crippen molar-refractivity contribution in [2.75, 3.05) is 27.3 Å². The minimum absolute atomic E-state index is 0.0441. The number of amides is 1. The SMILES string of the molecule is COc1ccc(C(=O)N2CCC(c3n[nH]c(=O)n3-c3ccc(C)cc3)CC2)cc1OC. The van der Waals surface area contributed by atoms with Crippen LogP contribution in [-0.2, 0) is 0 Å². The Hall–Kier alpha value is -3.55. The van der Waals surface area contributed by atoms with Gasteiger partial charge in [-0.2, -0.15) is 5.10 Å². The van der Waals surface area contributed by atoms with Gasteiger partial charge in [-0.25, -0.2) is 14.5 Å². The van der Waals surface area contributed by atoms with Crippen molar-refractivity contribution in [1.82, 2.24) is 19.7 Å². The maximum absolute atomic E-state index is 13.0. The van der Waals surface area contributed by atoms with Crippen LogP contribution < -0.4 is 15.2 Å². The molecule has 1 aliphatic heterocycles. The average Bonchev–Trinajstić information content (AvgIpc) is 3.20. The number of H-pyrrole nitrogens is 1. The second-order valence-corrected chi connectivity index (χ2v) is 7.69. The van der Waals surface area contributed by atoms with Crippen LogP contribution in [0, 0.1) is 6.92 Å². The van der Waals surface area contributed by atoms with Crippen LogP contribution in [0.1, 0.15) is 40.5 Å². The summed E-state index contributed by atoms with van der Waals surface area (Å²) in [5.41, 5.74) is 2.24.